The molecule has 0 saturated heterocycles. The number of hydrogen-bond donors (Lipinski definition) is 2. The van der Waals surface area contributed by atoms with E-state index in [0.29, 0.717) is 0 Å². The number of hydrogen-bond acceptors (Lipinski definition) is 2. The molecular formula is C17H19NO2. The number of carboxylic acid groups (broad SMARTS) is 1. The quantitative estimate of drug-likeness (QED) is 0.872. The van der Waals surface area contributed by atoms with Gasteiger partial charge in [0.15, 0.2) is 0 Å². The maximum absolute atomic E-state index is 10.6. The number of aliphatic carboxylic acids is 1. The van der Waals surface area contributed by atoms with Gasteiger partial charge in [-0.15, -0.1) is 0 Å². The molecule has 0 aliphatic carbocycles. The number of nitrogens with one attached hydrogen (secondary N) is 1. The largest absolute Gasteiger partial charge is 0.481 e. The normalized spacial score (nSPS) is 10.3. The maximum atomic E-state index is 10.6. The number of benzene rings is 2. The molecule has 3 heteroatoms. The van der Waals surface area contributed by atoms with Crippen LogP contribution in [-0.2, 0) is 17.8 Å². The molecule has 3 nitrogen and oxygen atoms in total. The van der Waals surface area contributed by atoms with Crippen LogP contribution >= 0.6 is 0 Å². The van der Waals surface area contributed by atoms with Crippen LogP contribution in [0.3, 0.4) is 0 Å². The monoisotopic (exact) mass is 269 g/mol. The van der Waals surface area contributed by atoms with Crippen molar-refractivity contribution in [2.45, 2.75) is 26.8 Å². The molecule has 0 radical (unpaired) electrons. The van der Waals surface area contributed by atoms with Crippen LogP contribution < -0.4 is 5.32 Å². The molecule has 0 unspecified atom stereocenters. The van der Waals surface area contributed by atoms with E-state index >= 15 is 0 Å². The van der Waals surface area contributed by atoms with Gasteiger partial charge in [-0.25, -0.2) is 0 Å². The minimum absolute atomic E-state index is 0.0742. The first-order valence-corrected chi connectivity index (χ1v) is 6.65. The van der Waals surface area contributed by atoms with Crippen molar-refractivity contribution in [1.82, 2.24) is 0 Å². The van der Waals surface area contributed by atoms with Crippen LogP contribution in [0, 0.1) is 13.8 Å². The van der Waals surface area contributed by atoms with Gasteiger partial charge >= 0.3 is 5.97 Å². The van der Waals surface area contributed by atoms with Crippen molar-refractivity contribution < 1.29 is 9.90 Å². The van der Waals surface area contributed by atoms with Crippen LogP contribution in [0.5, 0.6) is 0 Å². The average Bonchev–Trinajstić information content (AvgIpc) is 2.36. The SMILES string of the molecule is Cc1cc(C)cc(NCc2ccc(CC(=O)O)cc2)c1. The molecule has 0 aromatic heterocycles. The topological polar surface area (TPSA) is 49.3 Å². The van der Waals surface area contributed by atoms with E-state index in [1.807, 2.05) is 24.3 Å². The first-order valence-electron chi connectivity index (χ1n) is 6.65. The lowest BCUT2D eigenvalue weighted by Gasteiger charge is -2.09. The Balaban J connectivity index is 1.98. The van der Waals surface area contributed by atoms with Gasteiger partial charge in [0.25, 0.3) is 0 Å². The molecule has 2 rings (SSSR count). The minimum Gasteiger partial charge on any atom is -0.481 e. The van der Waals surface area contributed by atoms with Crippen molar-refractivity contribution >= 4 is 11.7 Å². The Kier molecular flexibility index (Phi) is 4.41. The number of carbonyl (C=O) groups is 1. The second-order valence-electron chi connectivity index (χ2n) is 5.12. The van der Waals surface area contributed by atoms with E-state index in [2.05, 4.69) is 37.4 Å². The third kappa shape index (κ3) is 4.12. The van der Waals surface area contributed by atoms with Crippen molar-refractivity contribution in [1.29, 1.82) is 0 Å². The minimum atomic E-state index is -0.800. The highest BCUT2D eigenvalue weighted by molar-refractivity contribution is 5.70. The number of aryl methyl sites for hydroxylation is 2. The predicted octanol–water partition coefficient (Wildman–Crippen LogP) is 3.54. The van der Waals surface area contributed by atoms with Gasteiger partial charge in [0.05, 0.1) is 6.42 Å². The Labute approximate surface area is 119 Å². The molecule has 2 aromatic carbocycles. The van der Waals surface area contributed by atoms with Crippen LogP contribution in [0.25, 0.3) is 0 Å². The van der Waals surface area contributed by atoms with Crippen molar-refractivity contribution in [2.24, 2.45) is 0 Å². The fourth-order valence-corrected chi connectivity index (χ4v) is 2.23. The summed E-state index contributed by atoms with van der Waals surface area (Å²) in [6.45, 7) is 4.90. The molecule has 0 atom stereocenters. The molecule has 20 heavy (non-hydrogen) atoms. The second kappa shape index (κ2) is 6.24. The van der Waals surface area contributed by atoms with Crippen LogP contribution in [-0.4, -0.2) is 11.1 Å². The molecule has 0 aliphatic rings. The third-order valence-electron chi connectivity index (χ3n) is 3.10. The fourth-order valence-electron chi connectivity index (χ4n) is 2.23. The lowest BCUT2D eigenvalue weighted by molar-refractivity contribution is -0.136. The lowest BCUT2D eigenvalue weighted by atomic mass is 10.1. The maximum Gasteiger partial charge on any atom is 0.307 e. The van der Waals surface area contributed by atoms with Crippen LogP contribution in [0.4, 0.5) is 5.69 Å². The predicted molar refractivity (Wildman–Crippen MR) is 81.0 cm³/mol. The van der Waals surface area contributed by atoms with Gasteiger partial charge in [0.1, 0.15) is 0 Å². The summed E-state index contributed by atoms with van der Waals surface area (Å²) in [5.41, 5.74) is 5.55. The molecule has 0 aliphatic heterocycles. The van der Waals surface area contributed by atoms with Gasteiger partial charge < -0.3 is 10.4 Å². The first-order chi connectivity index (χ1) is 9.52. The van der Waals surface area contributed by atoms with E-state index in [1.165, 1.54) is 11.1 Å². The summed E-state index contributed by atoms with van der Waals surface area (Å²) in [6, 6.07) is 14.0. The molecule has 0 spiro atoms. The Bertz CT molecular complexity index is 583. The summed E-state index contributed by atoms with van der Waals surface area (Å²) >= 11 is 0. The van der Waals surface area contributed by atoms with Crippen molar-refractivity contribution in [3.05, 3.63) is 64.7 Å². The molecule has 104 valence electrons. The zero-order valence-electron chi connectivity index (χ0n) is 11.8. The first kappa shape index (κ1) is 14.1. The highest BCUT2D eigenvalue weighted by Crippen LogP contribution is 2.15. The van der Waals surface area contributed by atoms with Crippen molar-refractivity contribution in [3.8, 4) is 0 Å². The lowest BCUT2D eigenvalue weighted by Crippen LogP contribution is -2.02. The molecular weight excluding hydrogens is 250 g/mol. The van der Waals surface area contributed by atoms with Crippen LogP contribution in [0.2, 0.25) is 0 Å². The molecule has 0 heterocycles. The summed E-state index contributed by atoms with van der Waals surface area (Å²) < 4.78 is 0. The number of carboxylic acids is 1. The smallest absolute Gasteiger partial charge is 0.307 e. The van der Waals surface area contributed by atoms with Gasteiger partial charge in [-0.3, -0.25) is 4.79 Å². The Hall–Kier alpha value is -2.29. The highest BCUT2D eigenvalue weighted by Gasteiger charge is 2.01. The summed E-state index contributed by atoms with van der Waals surface area (Å²) in [6.07, 6.45) is 0.0742. The highest BCUT2D eigenvalue weighted by atomic mass is 16.4. The molecule has 0 saturated carbocycles. The van der Waals surface area contributed by atoms with E-state index in [1.54, 1.807) is 0 Å². The zero-order chi connectivity index (χ0) is 14.5. The number of rotatable bonds is 5. The van der Waals surface area contributed by atoms with Gasteiger partial charge in [0.2, 0.25) is 0 Å². The van der Waals surface area contributed by atoms with Crippen molar-refractivity contribution in [3.63, 3.8) is 0 Å². The summed E-state index contributed by atoms with van der Waals surface area (Å²) in [5.74, 6) is -0.800. The standard InChI is InChI=1S/C17H19NO2/c1-12-7-13(2)9-16(8-12)18-11-15-5-3-14(4-6-15)10-17(19)20/h3-9,18H,10-11H2,1-2H3,(H,19,20). The fraction of sp³-hybridized carbons (Fsp3) is 0.235. The number of anilines is 1. The van der Waals surface area contributed by atoms with E-state index in [9.17, 15) is 4.79 Å². The zero-order valence-corrected chi connectivity index (χ0v) is 11.8. The van der Waals surface area contributed by atoms with Crippen LogP contribution in [0.1, 0.15) is 22.3 Å². The van der Waals surface area contributed by atoms with Gasteiger partial charge in [-0.2, -0.15) is 0 Å². The third-order valence-corrected chi connectivity index (χ3v) is 3.10. The van der Waals surface area contributed by atoms with Crippen molar-refractivity contribution in [2.75, 3.05) is 5.32 Å². The molecule has 0 fully saturated rings. The average molecular weight is 269 g/mol. The summed E-state index contributed by atoms with van der Waals surface area (Å²) in [7, 11) is 0. The van der Waals surface area contributed by atoms with E-state index in [-0.39, 0.29) is 6.42 Å². The Morgan fingerprint density at radius 3 is 2.10 bits per heavy atom. The van der Waals surface area contributed by atoms with E-state index < -0.39 is 5.97 Å². The van der Waals surface area contributed by atoms with Gasteiger partial charge in [0, 0.05) is 12.2 Å². The summed E-state index contributed by atoms with van der Waals surface area (Å²) in [4.78, 5) is 10.6. The van der Waals surface area contributed by atoms with E-state index in [4.69, 9.17) is 5.11 Å². The molecule has 2 N–H and O–H groups in total. The Morgan fingerprint density at radius 2 is 1.55 bits per heavy atom. The summed E-state index contributed by atoms with van der Waals surface area (Å²) in [5, 5.41) is 12.1. The molecule has 0 bridgehead atoms. The molecule has 0 amide bonds. The van der Waals surface area contributed by atoms with Gasteiger partial charge in [-0.05, 0) is 48.2 Å². The Morgan fingerprint density at radius 1 is 1.00 bits per heavy atom. The van der Waals surface area contributed by atoms with E-state index in [0.717, 1.165) is 23.4 Å². The van der Waals surface area contributed by atoms with Gasteiger partial charge in [-0.1, -0.05) is 30.3 Å². The second-order valence-corrected chi connectivity index (χ2v) is 5.12. The molecule has 2 aromatic rings. The van der Waals surface area contributed by atoms with Crippen LogP contribution in [0.15, 0.2) is 42.5 Å².